The van der Waals surface area contributed by atoms with Gasteiger partial charge in [0.1, 0.15) is 0 Å². The van der Waals surface area contributed by atoms with Gasteiger partial charge in [-0.05, 0) is 64.5 Å². The SMILES string of the molecule is CNC[C@H](CC1CCCOC1)NC(=O)N1CCC[C@@H](C(OCC(C)NC(=O)O)c2cccc(C)c2)C1. The number of urea groups is 1. The molecule has 36 heavy (non-hydrogen) atoms. The summed E-state index contributed by atoms with van der Waals surface area (Å²) in [6, 6.07) is 7.94. The van der Waals surface area contributed by atoms with E-state index in [2.05, 4.69) is 41.1 Å². The molecule has 1 aromatic rings. The fraction of sp³-hybridized carbons (Fsp3) is 0.704. The molecule has 202 valence electrons. The zero-order valence-corrected chi connectivity index (χ0v) is 22.0. The number of carbonyl (C=O) groups excluding carboxylic acids is 1. The van der Waals surface area contributed by atoms with Gasteiger partial charge in [0.2, 0.25) is 0 Å². The molecule has 2 saturated heterocycles. The summed E-state index contributed by atoms with van der Waals surface area (Å²) in [4.78, 5) is 26.2. The van der Waals surface area contributed by atoms with Gasteiger partial charge in [0.05, 0.1) is 18.8 Å². The van der Waals surface area contributed by atoms with E-state index >= 15 is 0 Å². The molecule has 2 fully saturated rings. The number of likely N-dealkylation sites (N-methyl/N-ethyl adjacent to an activating group) is 1. The van der Waals surface area contributed by atoms with Crippen LogP contribution in [0.2, 0.25) is 0 Å². The van der Waals surface area contributed by atoms with E-state index in [1.807, 2.05) is 18.0 Å². The second-order valence-electron chi connectivity index (χ2n) is 10.4. The molecule has 2 heterocycles. The lowest BCUT2D eigenvalue weighted by molar-refractivity contribution is -0.0175. The number of hydrogen-bond acceptors (Lipinski definition) is 5. The van der Waals surface area contributed by atoms with Gasteiger partial charge in [-0.25, -0.2) is 9.59 Å². The van der Waals surface area contributed by atoms with Crippen molar-refractivity contribution in [2.75, 3.05) is 46.5 Å². The van der Waals surface area contributed by atoms with Gasteiger partial charge in [-0.3, -0.25) is 0 Å². The molecule has 0 aliphatic carbocycles. The number of piperidine rings is 1. The molecule has 3 amide bonds. The number of benzene rings is 1. The van der Waals surface area contributed by atoms with Crippen LogP contribution in [0.4, 0.5) is 9.59 Å². The van der Waals surface area contributed by atoms with Crippen LogP contribution in [0.1, 0.15) is 56.3 Å². The summed E-state index contributed by atoms with van der Waals surface area (Å²) in [6.45, 7) is 7.76. The highest BCUT2D eigenvalue weighted by atomic mass is 16.5. The number of nitrogens with one attached hydrogen (secondary N) is 3. The smallest absolute Gasteiger partial charge is 0.404 e. The zero-order chi connectivity index (χ0) is 25.9. The lowest BCUT2D eigenvalue weighted by Gasteiger charge is -2.38. The Morgan fingerprint density at radius 3 is 2.78 bits per heavy atom. The van der Waals surface area contributed by atoms with Crippen LogP contribution in [0.15, 0.2) is 24.3 Å². The minimum absolute atomic E-state index is 0.0272. The van der Waals surface area contributed by atoms with E-state index in [9.17, 15) is 9.59 Å². The summed E-state index contributed by atoms with van der Waals surface area (Å²) in [7, 11) is 1.91. The van der Waals surface area contributed by atoms with Crippen LogP contribution in [0.5, 0.6) is 0 Å². The average Bonchev–Trinajstić information content (AvgIpc) is 2.85. The van der Waals surface area contributed by atoms with Gasteiger partial charge < -0.3 is 35.4 Å². The second-order valence-corrected chi connectivity index (χ2v) is 10.4. The van der Waals surface area contributed by atoms with E-state index in [4.69, 9.17) is 14.6 Å². The zero-order valence-electron chi connectivity index (χ0n) is 22.0. The van der Waals surface area contributed by atoms with Crippen molar-refractivity contribution in [1.82, 2.24) is 20.9 Å². The molecule has 2 aliphatic rings. The Hall–Kier alpha value is -2.36. The first-order valence-electron chi connectivity index (χ1n) is 13.3. The Balaban J connectivity index is 1.65. The number of nitrogens with zero attached hydrogens (tertiary/aromatic N) is 1. The van der Waals surface area contributed by atoms with Crippen LogP contribution >= 0.6 is 0 Å². The Labute approximate surface area is 215 Å². The number of aryl methyl sites for hydroxylation is 1. The Bertz CT molecular complexity index is 832. The van der Waals surface area contributed by atoms with E-state index in [-0.39, 0.29) is 36.7 Å². The minimum atomic E-state index is -1.06. The van der Waals surface area contributed by atoms with Crippen LogP contribution in [0.25, 0.3) is 0 Å². The fourth-order valence-electron chi connectivity index (χ4n) is 5.39. The van der Waals surface area contributed by atoms with E-state index in [1.54, 1.807) is 6.92 Å². The molecule has 0 radical (unpaired) electrons. The highest BCUT2D eigenvalue weighted by molar-refractivity contribution is 5.74. The number of carboxylic acid groups (broad SMARTS) is 1. The van der Waals surface area contributed by atoms with Crippen LogP contribution in [0.3, 0.4) is 0 Å². The molecule has 0 spiro atoms. The number of carbonyl (C=O) groups is 2. The van der Waals surface area contributed by atoms with E-state index in [0.29, 0.717) is 12.5 Å². The Morgan fingerprint density at radius 2 is 2.08 bits per heavy atom. The van der Waals surface area contributed by atoms with Gasteiger partial charge in [-0.15, -0.1) is 0 Å². The molecule has 3 unspecified atom stereocenters. The highest BCUT2D eigenvalue weighted by Gasteiger charge is 2.32. The van der Waals surface area contributed by atoms with Crippen molar-refractivity contribution in [2.24, 2.45) is 11.8 Å². The standard InChI is InChI=1S/C27H44N4O5/c1-19-7-4-9-22(13-19)25(36-17-20(2)29-27(33)34)23-10-5-11-31(16-23)26(32)30-24(15-28-3)14-21-8-6-12-35-18-21/h4,7,9,13,20-21,23-25,28-29H,5-6,8,10-12,14-18H2,1-3H3,(H,30,32)(H,33,34)/t20?,21?,23-,24+,25?/m1/s1. The van der Waals surface area contributed by atoms with Gasteiger partial charge in [0.25, 0.3) is 0 Å². The molecule has 1 aromatic carbocycles. The summed E-state index contributed by atoms with van der Waals surface area (Å²) in [5, 5.41) is 18.0. The Morgan fingerprint density at radius 1 is 1.25 bits per heavy atom. The quantitative estimate of drug-likeness (QED) is 0.367. The first-order valence-corrected chi connectivity index (χ1v) is 13.3. The molecule has 0 saturated carbocycles. The van der Waals surface area contributed by atoms with Crippen molar-refractivity contribution in [1.29, 1.82) is 0 Å². The second kappa shape index (κ2) is 14.4. The van der Waals surface area contributed by atoms with Gasteiger partial charge >= 0.3 is 12.1 Å². The topological polar surface area (TPSA) is 112 Å². The monoisotopic (exact) mass is 504 g/mol. The maximum absolute atomic E-state index is 13.3. The predicted octanol–water partition coefficient (Wildman–Crippen LogP) is 3.54. The summed E-state index contributed by atoms with van der Waals surface area (Å²) in [5.74, 6) is 0.602. The molecule has 0 aromatic heterocycles. The van der Waals surface area contributed by atoms with Crippen LogP contribution in [0, 0.1) is 18.8 Å². The third-order valence-electron chi connectivity index (χ3n) is 7.09. The first kappa shape index (κ1) is 28.2. The number of amides is 3. The Kier molecular flexibility index (Phi) is 11.3. The van der Waals surface area contributed by atoms with E-state index < -0.39 is 6.09 Å². The van der Waals surface area contributed by atoms with Crippen molar-refractivity contribution in [2.45, 2.75) is 64.1 Å². The van der Waals surface area contributed by atoms with Crippen molar-refractivity contribution < 1.29 is 24.2 Å². The fourth-order valence-corrected chi connectivity index (χ4v) is 5.39. The lowest BCUT2D eigenvalue weighted by atomic mass is 9.88. The number of hydrogen-bond donors (Lipinski definition) is 4. The maximum Gasteiger partial charge on any atom is 0.404 e. The van der Waals surface area contributed by atoms with Crippen LogP contribution in [-0.2, 0) is 9.47 Å². The van der Waals surface area contributed by atoms with Gasteiger partial charge in [0, 0.05) is 44.8 Å². The molecule has 9 nitrogen and oxygen atoms in total. The number of ether oxygens (including phenoxy) is 2. The minimum Gasteiger partial charge on any atom is -0.465 e. The third kappa shape index (κ3) is 8.94. The van der Waals surface area contributed by atoms with Crippen LogP contribution < -0.4 is 16.0 Å². The molecule has 0 bridgehead atoms. The molecule has 5 atom stereocenters. The molecule has 9 heteroatoms. The molecular weight excluding hydrogens is 460 g/mol. The first-order chi connectivity index (χ1) is 17.4. The molecular formula is C27H44N4O5. The van der Waals surface area contributed by atoms with Crippen LogP contribution in [-0.4, -0.2) is 80.7 Å². The van der Waals surface area contributed by atoms with Crippen molar-refractivity contribution >= 4 is 12.1 Å². The van der Waals surface area contributed by atoms with Crippen molar-refractivity contribution in [3.8, 4) is 0 Å². The highest BCUT2D eigenvalue weighted by Crippen LogP contribution is 2.33. The summed E-state index contributed by atoms with van der Waals surface area (Å²) >= 11 is 0. The molecule has 4 N–H and O–H groups in total. The molecule has 3 rings (SSSR count). The largest absolute Gasteiger partial charge is 0.465 e. The van der Waals surface area contributed by atoms with Gasteiger partial charge in [-0.1, -0.05) is 29.8 Å². The van der Waals surface area contributed by atoms with Gasteiger partial charge in [-0.2, -0.15) is 0 Å². The van der Waals surface area contributed by atoms with Crippen molar-refractivity contribution in [3.63, 3.8) is 0 Å². The summed E-state index contributed by atoms with van der Waals surface area (Å²) in [6.07, 6.45) is 3.71. The third-order valence-corrected chi connectivity index (χ3v) is 7.09. The average molecular weight is 505 g/mol. The van der Waals surface area contributed by atoms with E-state index in [0.717, 1.165) is 69.5 Å². The lowest BCUT2D eigenvalue weighted by Crippen LogP contribution is -2.52. The number of rotatable bonds is 11. The maximum atomic E-state index is 13.3. The predicted molar refractivity (Wildman–Crippen MR) is 139 cm³/mol. The number of likely N-dealkylation sites (tertiary alicyclic amines) is 1. The van der Waals surface area contributed by atoms with Crippen molar-refractivity contribution in [3.05, 3.63) is 35.4 Å². The van der Waals surface area contributed by atoms with Gasteiger partial charge in [0.15, 0.2) is 0 Å². The summed E-state index contributed by atoms with van der Waals surface area (Å²) in [5.41, 5.74) is 2.21. The van der Waals surface area contributed by atoms with E-state index in [1.165, 1.54) is 0 Å². The normalized spacial score (nSPS) is 22.9. The summed E-state index contributed by atoms with van der Waals surface area (Å²) < 4.78 is 12.0. The molecule has 2 aliphatic heterocycles.